The highest BCUT2D eigenvalue weighted by molar-refractivity contribution is 5.86. The van der Waals surface area contributed by atoms with Crippen molar-refractivity contribution in [3.8, 4) is 11.1 Å². The van der Waals surface area contributed by atoms with E-state index in [2.05, 4.69) is 10.6 Å². The van der Waals surface area contributed by atoms with Crippen LogP contribution < -0.4 is 10.6 Å². The largest absolute Gasteiger partial charge is 0.481 e. The number of methoxy groups -OCH3 is 1. The second-order valence-electron chi connectivity index (χ2n) is 9.27. The second-order valence-corrected chi connectivity index (χ2v) is 9.27. The third-order valence-electron chi connectivity index (χ3n) is 5.88. The molecule has 0 aliphatic heterocycles. The van der Waals surface area contributed by atoms with Gasteiger partial charge in [0.15, 0.2) is 0 Å². The van der Waals surface area contributed by atoms with Crippen LogP contribution in [0.4, 0.5) is 4.79 Å². The Kier molecular flexibility index (Phi) is 8.28. The first-order valence-corrected chi connectivity index (χ1v) is 11.3. The Morgan fingerprint density at radius 3 is 2.18 bits per heavy atom. The van der Waals surface area contributed by atoms with Gasteiger partial charge in [0.05, 0.1) is 6.61 Å². The summed E-state index contributed by atoms with van der Waals surface area (Å²) in [6.07, 6.45) is -1.07. The molecule has 2 aromatic rings. The Morgan fingerprint density at radius 1 is 1.03 bits per heavy atom. The fraction of sp³-hybridized carbons (Fsp3) is 0.423. The Bertz CT molecular complexity index is 990. The number of nitrogens with one attached hydrogen (secondary N) is 2. The zero-order valence-electron chi connectivity index (χ0n) is 19.8. The molecule has 0 fully saturated rings. The van der Waals surface area contributed by atoms with Crippen molar-refractivity contribution in [1.82, 2.24) is 10.6 Å². The van der Waals surface area contributed by atoms with E-state index in [9.17, 15) is 14.4 Å². The maximum Gasteiger partial charge on any atom is 0.407 e. The lowest BCUT2D eigenvalue weighted by Gasteiger charge is -2.25. The third kappa shape index (κ3) is 6.35. The standard InChI is InChI=1S/C26H32N2O6/c1-26(2,16-33-3)15-27-24(31)22(12-13-23(29)30)28-25(32)34-14-21-19-10-6-4-8-17(19)18-9-5-7-11-20(18)21/h4-11,21-22H,12-16H2,1-3H3,(H,27,31)(H,28,32)(H,29,30). The molecule has 2 amide bonds. The van der Waals surface area contributed by atoms with E-state index in [1.54, 1.807) is 7.11 Å². The lowest BCUT2D eigenvalue weighted by Crippen LogP contribution is -2.49. The molecule has 8 nitrogen and oxygen atoms in total. The Hall–Kier alpha value is -3.39. The van der Waals surface area contributed by atoms with Crippen LogP contribution in [0.1, 0.15) is 43.7 Å². The highest BCUT2D eigenvalue weighted by atomic mass is 16.5. The lowest BCUT2D eigenvalue weighted by molar-refractivity contribution is -0.137. The van der Waals surface area contributed by atoms with Crippen LogP contribution in [-0.2, 0) is 19.1 Å². The predicted octanol–water partition coefficient (Wildman–Crippen LogP) is 3.55. The highest BCUT2D eigenvalue weighted by Crippen LogP contribution is 2.44. The summed E-state index contributed by atoms with van der Waals surface area (Å²) in [5.74, 6) is -1.62. The van der Waals surface area contributed by atoms with Gasteiger partial charge in [-0.15, -0.1) is 0 Å². The summed E-state index contributed by atoms with van der Waals surface area (Å²) in [5, 5.41) is 14.4. The smallest absolute Gasteiger partial charge is 0.407 e. The topological polar surface area (TPSA) is 114 Å². The summed E-state index contributed by atoms with van der Waals surface area (Å²) < 4.78 is 10.7. The molecule has 182 valence electrons. The first kappa shape index (κ1) is 25.2. The fourth-order valence-electron chi connectivity index (χ4n) is 4.21. The van der Waals surface area contributed by atoms with Crippen molar-refractivity contribution >= 4 is 18.0 Å². The number of benzene rings is 2. The van der Waals surface area contributed by atoms with Crippen molar-refractivity contribution in [3.05, 3.63) is 59.7 Å². The molecule has 0 bridgehead atoms. The molecule has 1 aliphatic carbocycles. The molecule has 1 unspecified atom stereocenters. The number of ether oxygens (including phenoxy) is 2. The first-order valence-electron chi connectivity index (χ1n) is 11.3. The van der Waals surface area contributed by atoms with Crippen molar-refractivity contribution in [2.24, 2.45) is 5.41 Å². The second kappa shape index (κ2) is 11.2. The van der Waals surface area contributed by atoms with E-state index in [1.165, 1.54) is 0 Å². The van der Waals surface area contributed by atoms with Gasteiger partial charge < -0.3 is 25.2 Å². The number of carbonyl (C=O) groups excluding carboxylic acids is 2. The minimum atomic E-state index is -1.05. The summed E-state index contributed by atoms with van der Waals surface area (Å²) in [6, 6.07) is 15.0. The molecule has 2 aromatic carbocycles. The maximum absolute atomic E-state index is 12.7. The summed E-state index contributed by atoms with van der Waals surface area (Å²) in [6.45, 7) is 4.72. The van der Waals surface area contributed by atoms with Crippen LogP contribution in [0.25, 0.3) is 11.1 Å². The molecule has 8 heteroatoms. The van der Waals surface area contributed by atoms with E-state index in [1.807, 2.05) is 62.4 Å². The number of carboxylic acid groups (broad SMARTS) is 1. The molecule has 1 atom stereocenters. The Balaban J connectivity index is 1.63. The number of aliphatic carboxylic acids is 1. The van der Waals surface area contributed by atoms with E-state index in [4.69, 9.17) is 14.6 Å². The predicted molar refractivity (Wildman–Crippen MR) is 128 cm³/mol. The van der Waals surface area contributed by atoms with Gasteiger partial charge in [-0.1, -0.05) is 62.4 Å². The van der Waals surface area contributed by atoms with Crippen molar-refractivity contribution in [3.63, 3.8) is 0 Å². The summed E-state index contributed by atoms with van der Waals surface area (Å²) in [4.78, 5) is 36.4. The molecular formula is C26H32N2O6. The van der Waals surface area contributed by atoms with E-state index >= 15 is 0 Å². The van der Waals surface area contributed by atoms with Crippen LogP contribution >= 0.6 is 0 Å². The van der Waals surface area contributed by atoms with Crippen LogP contribution in [0.5, 0.6) is 0 Å². The maximum atomic E-state index is 12.7. The molecule has 0 aromatic heterocycles. The van der Waals surface area contributed by atoms with Gasteiger partial charge in [-0.05, 0) is 28.7 Å². The number of carbonyl (C=O) groups is 3. The Labute approximate surface area is 199 Å². The zero-order chi connectivity index (χ0) is 24.7. The van der Waals surface area contributed by atoms with Crippen LogP contribution in [-0.4, -0.2) is 56.0 Å². The number of fused-ring (bicyclic) bond motifs is 3. The molecule has 3 N–H and O–H groups in total. The lowest BCUT2D eigenvalue weighted by atomic mass is 9.94. The molecule has 1 aliphatic rings. The molecule has 3 rings (SSSR count). The number of alkyl carbamates (subject to hydrolysis) is 1. The first-order chi connectivity index (χ1) is 16.2. The summed E-state index contributed by atoms with van der Waals surface area (Å²) in [7, 11) is 1.58. The Morgan fingerprint density at radius 2 is 1.62 bits per heavy atom. The van der Waals surface area contributed by atoms with Crippen LogP contribution in [0.3, 0.4) is 0 Å². The third-order valence-corrected chi connectivity index (χ3v) is 5.88. The monoisotopic (exact) mass is 468 g/mol. The highest BCUT2D eigenvalue weighted by Gasteiger charge is 2.30. The van der Waals surface area contributed by atoms with Gasteiger partial charge in [0.1, 0.15) is 12.6 Å². The van der Waals surface area contributed by atoms with E-state index in [0.29, 0.717) is 13.2 Å². The number of amides is 2. The molecule has 0 heterocycles. The van der Waals surface area contributed by atoms with Gasteiger partial charge in [-0.3, -0.25) is 9.59 Å². The zero-order valence-corrected chi connectivity index (χ0v) is 19.8. The molecule has 34 heavy (non-hydrogen) atoms. The molecule has 0 spiro atoms. The van der Waals surface area contributed by atoms with Crippen molar-refractivity contribution in [1.29, 1.82) is 0 Å². The van der Waals surface area contributed by atoms with Crippen LogP contribution in [0, 0.1) is 5.41 Å². The van der Waals surface area contributed by atoms with E-state index in [-0.39, 0.29) is 30.8 Å². The van der Waals surface area contributed by atoms with Gasteiger partial charge in [-0.2, -0.15) is 0 Å². The number of rotatable bonds is 11. The number of hydrogen-bond acceptors (Lipinski definition) is 5. The number of hydrogen-bond donors (Lipinski definition) is 3. The van der Waals surface area contributed by atoms with Crippen molar-refractivity contribution in [2.45, 2.75) is 38.6 Å². The van der Waals surface area contributed by atoms with Gasteiger partial charge in [0.2, 0.25) is 5.91 Å². The van der Waals surface area contributed by atoms with Gasteiger partial charge in [0, 0.05) is 31.4 Å². The normalized spacial score (nSPS) is 13.5. The number of carboxylic acids is 1. The average Bonchev–Trinajstić information content (AvgIpc) is 3.12. The fourth-order valence-corrected chi connectivity index (χ4v) is 4.21. The van der Waals surface area contributed by atoms with Crippen molar-refractivity contribution < 1.29 is 29.0 Å². The van der Waals surface area contributed by atoms with Crippen LogP contribution in [0.2, 0.25) is 0 Å². The minimum absolute atomic E-state index is 0.0456. The van der Waals surface area contributed by atoms with Crippen LogP contribution in [0.15, 0.2) is 48.5 Å². The van der Waals surface area contributed by atoms with Gasteiger partial charge in [0.25, 0.3) is 0 Å². The van der Waals surface area contributed by atoms with Gasteiger partial charge in [-0.25, -0.2) is 4.79 Å². The minimum Gasteiger partial charge on any atom is -0.481 e. The summed E-state index contributed by atoms with van der Waals surface area (Å²) >= 11 is 0. The van der Waals surface area contributed by atoms with Crippen molar-refractivity contribution in [2.75, 3.05) is 26.9 Å². The van der Waals surface area contributed by atoms with E-state index < -0.39 is 24.0 Å². The van der Waals surface area contributed by atoms with E-state index in [0.717, 1.165) is 22.3 Å². The molecular weight excluding hydrogens is 436 g/mol. The molecule has 0 radical (unpaired) electrons. The summed E-state index contributed by atoms with van der Waals surface area (Å²) in [5.41, 5.74) is 4.08. The molecule has 0 saturated carbocycles. The average molecular weight is 469 g/mol. The quantitative estimate of drug-likeness (QED) is 0.465. The SMILES string of the molecule is COCC(C)(C)CNC(=O)C(CCC(=O)O)NC(=O)OCC1c2ccccc2-c2ccccc21. The molecule has 0 saturated heterocycles. The van der Waals surface area contributed by atoms with Gasteiger partial charge >= 0.3 is 12.1 Å².